The molecule has 1 rings (SSSR count). The Morgan fingerprint density at radius 1 is 1.44 bits per heavy atom. The minimum atomic E-state index is 0.0435. The number of nitrogens with zero attached hydrogens (tertiary/aromatic N) is 2. The maximum Gasteiger partial charge on any atom is 0.255 e. The summed E-state index contributed by atoms with van der Waals surface area (Å²) in [6.07, 6.45) is 4.61. The second kappa shape index (κ2) is 7.37. The molecule has 100 valence electrons. The van der Waals surface area contributed by atoms with E-state index in [1.807, 2.05) is 4.90 Å². The molecular weight excluding hydrogens is 248 g/mol. The molecule has 1 heterocycles. The third-order valence-corrected chi connectivity index (χ3v) is 3.33. The van der Waals surface area contributed by atoms with Gasteiger partial charge in [-0.15, -0.1) is 0 Å². The molecule has 4 heteroatoms. The first-order valence-corrected chi connectivity index (χ1v) is 6.90. The van der Waals surface area contributed by atoms with E-state index >= 15 is 0 Å². The van der Waals surface area contributed by atoms with Gasteiger partial charge in [0.2, 0.25) is 0 Å². The second-order valence-electron chi connectivity index (χ2n) is 4.48. The van der Waals surface area contributed by atoms with E-state index in [4.69, 9.17) is 11.6 Å². The van der Waals surface area contributed by atoms with Crippen LogP contribution in [0.3, 0.4) is 0 Å². The van der Waals surface area contributed by atoms with E-state index in [2.05, 4.69) is 25.8 Å². The van der Waals surface area contributed by atoms with Gasteiger partial charge in [-0.1, -0.05) is 31.9 Å². The quantitative estimate of drug-likeness (QED) is 0.736. The molecule has 1 amide bonds. The molecule has 0 bridgehead atoms. The molecule has 0 fully saturated rings. The van der Waals surface area contributed by atoms with Crippen molar-refractivity contribution >= 4 is 17.5 Å². The first-order chi connectivity index (χ1) is 8.60. The van der Waals surface area contributed by atoms with Crippen LogP contribution in [0.1, 0.15) is 50.4 Å². The van der Waals surface area contributed by atoms with Crippen LogP contribution in [0.15, 0.2) is 18.3 Å². The number of halogens is 1. The predicted molar refractivity (Wildman–Crippen MR) is 74.9 cm³/mol. The molecule has 0 aromatic carbocycles. The molecule has 0 N–H and O–H groups in total. The number of hydrogen-bond donors (Lipinski definition) is 0. The zero-order valence-electron chi connectivity index (χ0n) is 11.3. The van der Waals surface area contributed by atoms with Gasteiger partial charge in [0, 0.05) is 18.8 Å². The summed E-state index contributed by atoms with van der Waals surface area (Å²) >= 11 is 5.73. The lowest BCUT2D eigenvalue weighted by Gasteiger charge is -2.28. The smallest absolute Gasteiger partial charge is 0.255 e. The van der Waals surface area contributed by atoms with Gasteiger partial charge in [0.05, 0.1) is 5.56 Å². The molecular formula is C14H21ClN2O. The van der Waals surface area contributed by atoms with Crippen LogP contribution in [0.5, 0.6) is 0 Å². The van der Waals surface area contributed by atoms with Crippen molar-refractivity contribution in [2.75, 3.05) is 6.54 Å². The molecule has 0 spiro atoms. The Kier molecular flexibility index (Phi) is 6.13. The fraction of sp³-hybridized carbons (Fsp3) is 0.571. The van der Waals surface area contributed by atoms with Crippen LogP contribution in [0, 0.1) is 0 Å². The van der Waals surface area contributed by atoms with E-state index in [0.717, 1.165) is 25.8 Å². The van der Waals surface area contributed by atoms with Crippen LogP contribution in [0.25, 0.3) is 0 Å². The van der Waals surface area contributed by atoms with Gasteiger partial charge in [-0.25, -0.2) is 4.98 Å². The summed E-state index contributed by atoms with van der Waals surface area (Å²) in [6.45, 7) is 7.10. The summed E-state index contributed by atoms with van der Waals surface area (Å²) in [5.74, 6) is 0.0435. The van der Waals surface area contributed by atoms with Gasteiger partial charge in [-0.2, -0.15) is 0 Å². The van der Waals surface area contributed by atoms with Crippen LogP contribution in [-0.2, 0) is 0 Å². The topological polar surface area (TPSA) is 33.2 Å². The minimum absolute atomic E-state index is 0.0435. The fourth-order valence-electron chi connectivity index (χ4n) is 1.74. The highest BCUT2D eigenvalue weighted by molar-refractivity contribution is 6.29. The molecule has 3 nitrogen and oxygen atoms in total. The Morgan fingerprint density at radius 2 is 2.17 bits per heavy atom. The van der Waals surface area contributed by atoms with Gasteiger partial charge in [0.25, 0.3) is 5.91 Å². The number of unbranched alkanes of at least 4 members (excludes halogenated alkanes) is 1. The Bertz CT molecular complexity index is 378. The Balaban J connectivity index is 2.83. The molecule has 1 atom stereocenters. The van der Waals surface area contributed by atoms with Crippen molar-refractivity contribution in [3.63, 3.8) is 0 Å². The summed E-state index contributed by atoms with van der Waals surface area (Å²) in [6, 6.07) is 3.64. The highest BCUT2D eigenvalue weighted by Gasteiger charge is 2.19. The van der Waals surface area contributed by atoms with Gasteiger partial charge < -0.3 is 4.90 Å². The standard InChI is InChI=1S/C14H21ClN2O/c1-4-6-9-17(11(3)5-2)14(18)12-7-8-13(15)16-10-12/h7-8,10-11H,4-6,9H2,1-3H3. The van der Waals surface area contributed by atoms with Crippen LogP contribution >= 0.6 is 11.6 Å². The van der Waals surface area contributed by atoms with Crippen LogP contribution < -0.4 is 0 Å². The van der Waals surface area contributed by atoms with Crippen molar-refractivity contribution in [3.05, 3.63) is 29.0 Å². The molecule has 0 aliphatic carbocycles. The van der Waals surface area contributed by atoms with Crippen molar-refractivity contribution in [2.45, 2.75) is 46.1 Å². The zero-order valence-corrected chi connectivity index (χ0v) is 12.1. The maximum atomic E-state index is 12.4. The Morgan fingerprint density at radius 3 is 2.67 bits per heavy atom. The monoisotopic (exact) mass is 268 g/mol. The van der Waals surface area contributed by atoms with Crippen molar-refractivity contribution in [1.82, 2.24) is 9.88 Å². The van der Waals surface area contributed by atoms with Crippen LogP contribution in [-0.4, -0.2) is 28.4 Å². The van der Waals surface area contributed by atoms with E-state index in [0.29, 0.717) is 10.7 Å². The highest BCUT2D eigenvalue weighted by atomic mass is 35.5. The van der Waals surface area contributed by atoms with E-state index in [-0.39, 0.29) is 11.9 Å². The van der Waals surface area contributed by atoms with Crippen molar-refractivity contribution in [3.8, 4) is 0 Å². The summed E-state index contributed by atoms with van der Waals surface area (Å²) in [5, 5.41) is 0.412. The number of rotatable bonds is 6. The molecule has 18 heavy (non-hydrogen) atoms. The Hall–Kier alpha value is -1.09. The number of amides is 1. The second-order valence-corrected chi connectivity index (χ2v) is 4.87. The lowest BCUT2D eigenvalue weighted by atomic mass is 10.1. The van der Waals surface area contributed by atoms with Gasteiger partial charge in [0.1, 0.15) is 5.15 Å². The van der Waals surface area contributed by atoms with E-state index in [1.54, 1.807) is 18.3 Å². The predicted octanol–water partition coefficient (Wildman–Crippen LogP) is 3.78. The van der Waals surface area contributed by atoms with Gasteiger partial charge in [-0.05, 0) is 31.9 Å². The fourth-order valence-corrected chi connectivity index (χ4v) is 1.85. The number of pyridine rings is 1. The molecule has 1 unspecified atom stereocenters. The van der Waals surface area contributed by atoms with E-state index < -0.39 is 0 Å². The summed E-state index contributed by atoms with van der Waals surface area (Å²) in [7, 11) is 0. The molecule has 1 aromatic rings. The van der Waals surface area contributed by atoms with Gasteiger partial charge >= 0.3 is 0 Å². The van der Waals surface area contributed by atoms with E-state index in [1.165, 1.54) is 0 Å². The first kappa shape index (κ1) is 15.0. The molecule has 0 radical (unpaired) electrons. The number of carbonyl (C=O) groups is 1. The number of hydrogen-bond acceptors (Lipinski definition) is 2. The largest absolute Gasteiger partial charge is 0.336 e. The van der Waals surface area contributed by atoms with Gasteiger partial charge in [0.15, 0.2) is 0 Å². The Labute approximate surface area is 114 Å². The van der Waals surface area contributed by atoms with Crippen LogP contribution in [0.2, 0.25) is 5.15 Å². The van der Waals surface area contributed by atoms with Gasteiger partial charge in [-0.3, -0.25) is 4.79 Å². The summed E-state index contributed by atoms with van der Waals surface area (Å²) in [5.41, 5.74) is 0.607. The number of carbonyl (C=O) groups excluding carboxylic acids is 1. The highest BCUT2D eigenvalue weighted by Crippen LogP contribution is 2.13. The SMILES string of the molecule is CCCCN(C(=O)c1ccc(Cl)nc1)C(C)CC. The normalized spacial score (nSPS) is 12.2. The average molecular weight is 269 g/mol. The van der Waals surface area contributed by atoms with Crippen molar-refractivity contribution < 1.29 is 4.79 Å². The number of aromatic nitrogens is 1. The molecule has 1 aromatic heterocycles. The minimum Gasteiger partial charge on any atom is -0.336 e. The lowest BCUT2D eigenvalue weighted by molar-refractivity contribution is 0.0685. The van der Waals surface area contributed by atoms with Crippen molar-refractivity contribution in [1.29, 1.82) is 0 Å². The molecule has 0 saturated heterocycles. The maximum absolute atomic E-state index is 12.4. The summed E-state index contributed by atoms with van der Waals surface area (Å²) in [4.78, 5) is 18.3. The third kappa shape index (κ3) is 3.98. The molecule has 0 aliphatic rings. The third-order valence-electron chi connectivity index (χ3n) is 3.11. The summed E-state index contributed by atoms with van der Waals surface area (Å²) < 4.78 is 0. The molecule has 0 saturated carbocycles. The lowest BCUT2D eigenvalue weighted by Crippen LogP contribution is -2.39. The van der Waals surface area contributed by atoms with Crippen LogP contribution in [0.4, 0.5) is 0 Å². The average Bonchev–Trinajstić information content (AvgIpc) is 2.39. The zero-order chi connectivity index (χ0) is 13.5. The first-order valence-electron chi connectivity index (χ1n) is 6.52. The molecule has 0 aliphatic heterocycles. The van der Waals surface area contributed by atoms with E-state index in [9.17, 15) is 4.79 Å². The van der Waals surface area contributed by atoms with Crippen molar-refractivity contribution in [2.24, 2.45) is 0 Å².